The van der Waals surface area contributed by atoms with Gasteiger partial charge in [-0.2, -0.15) is 0 Å². The highest BCUT2D eigenvalue weighted by Gasteiger charge is 2.15. The van der Waals surface area contributed by atoms with Crippen LogP contribution >= 0.6 is 22.9 Å². The largest absolute Gasteiger partial charge is 0.391 e. The third-order valence-electron chi connectivity index (χ3n) is 3.81. The first-order chi connectivity index (χ1) is 12.5. The van der Waals surface area contributed by atoms with Crippen LogP contribution in [0.3, 0.4) is 0 Å². The molecule has 3 aromatic rings. The van der Waals surface area contributed by atoms with Gasteiger partial charge in [-0.3, -0.25) is 0 Å². The molecule has 0 spiro atoms. The number of aliphatic hydroxyl groups is 1. The van der Waals surface area contributed by atoms with Gasteiger partial charge in [-0.15, -0.1) is 0 Å². The van der Waals surface area contributed by atoms with Crippen LogP contribution in [0.4, 0.5) is 15.3 Å². The number of thiazole rings is 1. The van der Waals surface area contributed by atoms with Crippen molar-refractivity contribution >= 4 is 44.1 Å². The molecule has 1 saturated heterocycles. The molecule has 0 aliphatic carbocycles. The molecular formula is C17H18ClFN4O2S. The fourth-order valence-electron chi connectivity index (χ4n) is 2.59. The van der Waals surface area contributed by atoms with Gasteiger partial charge in [0.2, 0.25) is 0 Å². The molecule has 4 rings (SSSR count). The molecule has 1 aliphatic heterocycles. The molecule has 1 fully saturated rings. The minimum atomic E-state index is -0.412. The number of fused-ring (bicyclic) bond motifs is 1. The number of nitrogens with two attached hydrogens (primary N) is 2. The molecule has 138 valence electrons. The first-order valence-corrected chi connectivity index (χ1v) is 9.17. The van der Waals surface area contributed by atoms with Gasteiger partial charge in [0, 0.05) is 23.9 Å². The predicted molar refractivity (Wildman–Crippen MR) is 103 cm³/mol. The lowest BCUT2D eigenvalue weighted by Gasteiger charge is -2.15. The Morgan fingerprint density at radius 1 is 1.31 bits per heavy atom. The smallest absolute Gasteiger partial charge is 0.181 e. The van der Waals surface area contributed by atoms with E-state index in [0.717, 1.165) is 25.0 Å². The zero-order valence-electron chi connectivity index (χ0n) is 13.8. The van der Waals surface area contributed by atoms with Gasteiger partial charge >= 0.3 is 0 Å². The summed E-state index contributed by atoms with van der Waals surface area (Å²) < 4.78 is 19.3. The van der Waals surface area contributed by atoms with Crippen LogP contribution in [0.5, 0.6) is 0 Å². The van der Waals surface area contributed by atoms with E-state index in [0.29, 0.717) is 32.8 Å². The summed E-state index contributed by atoms with van der Waals surface area (Å²) in [4.78, 5) is 7.88. The Kier molecular flexibility index (Phi) is 5.87. The molecule has 2 aromatic heterocycles. The number of halogens is 2. The summed E-state index contributed by atoms with van der Waals surface area (Å²) >= 11 is 7.33. The molecule has 0 bridgehead atoms. The summed E-state index contributed by atoms with van der Waals surface area (Å²) in [5, 5.41) is 9.53. The van der Waals surface area contributed by atoms with Crippen molar-refractivity contribution in [3.63, 3.8) is 0 Å². The van der Waals surface area contributed by atoms with Crippen LogP contribution in [0.25, 0.3) is 21.3 Å². The Hall–Kier alpha value is -2.00. The van der Waals surface area contributed by atoms with E-state index in [-0.39, 0.29) is 11.6 Å². The highest BCUT2D eigenvalue weighted by molar-refractivity contribution is 7.22. The summed E-state index contributed by atoms with van der Waals surface area (Å²) in [6.07, 6.45) is 3.21. The molecule has 6 nitrogen and oxygen atoms in total. The Morgan fingerprint density at radius 3 is 2.77 bits per heavy atom. The molecule has 1 aliphatic rings. The zero-order chi connectivity index (χ0) is 18.7. The second-order valence-electron chi connectivity index (χ2n) is 5.78. The van der Waals surface area contributed by atoms with Crippen molar-refractivity contribution in [2.45, 2.75) is 18.9 Å². The van der Waals surface area contributed by atoms with Crippen molar-refractivity contribution in [2.24, 2.45) is 0 Å². The Morgan fingerprint density at radius 2 is 2.12 bits per heavy atom. The van der Waals surface area contributed by atoms with Crippen molar-refractivity contribution in [2.75, 3.05) is 24.7 Å². The molecule has 1 unspecified atom stereocenters. The van der Waals surface area contributed by atoms with Crippen LogP contribution in [0.1, 0.15) is 12.8 Å². The van der Waals surface area contributed by atoms with Gasteiger partial charge in [0.1, 0.15) is 17.2 Å². The number of pyridine rings is 1. The lowest BCUT2D eigenvalue weighted by Crippen LogP contribution is -2.21. The molecule has 0 saturated carbocycles. The predicted octanol–water partition coefficient (Wildman–Crippen LogP) is 3.47. The number of hydrogen-bond donors (Lipinski definition) is 3. The van der Waals surface area contributed by atoms with Crippen LogP contribution in [0.2, 0.25) is 5.02 Å². The maximum Gasteiger partial charge on any atom is 0.181 e. The van der Waals surface area contributed by atoms with Crippen molar-refractivity contribution in [3.05, 3.63) is 35.2 Å². The summed E-state index contributed by atoms with van der Waals surface area (Å²) in [5.41, 5.74) is 13.0. The summed E-state index contributed by atoms with van der Waals surface area (Å²) in [7, 11) is 0. The quantitative estimate of drug-likeness (QED) is 0.581. The Labute approximate surface area is 158 Å². The highest BCUT2D eigenvalue weighted by atomic mass is 35.5. The minimum Gasteiger partial charge on any atom is -0.391 e. The fourth-order valence-corrected chi connectivity index (χ4v) is 3.67. The maximum absolute atomic E-state index is 13.7. The normalized spacial score (nSPS) is 17.0. The third kappa shape index (κ3) is 4.21. The minimum absolute atomic E-state index is 0.186. The van der Waals surface area contributed by atoms with Crippen LogP contribution in [0, 0.1) is 5.82 Å². The summed E-state index contributed by atoms with van der Waals surface area (Å²) in [6.45, 7) is 1.37. The first kappa shape index (κ1) is 18.8. The van der Waals surface area contributed by atoms with Crippen LogP contribution in [-0.2, 0) is 4.74 Å². The van der Waals surface area contributed by atoms with E-state index < -0.39 is 5.82 Å². The lowest BCUT2D eigenvalue weighted by molar-refractivity contribution is -0.00535. The van der Waals surface area contributed by atoms with Crippen molar-refractivity contribution in [1.29, 1.82) is 0 Å². The average molecular weight is 397 g/mol. The molecule has 1 atom stereocenters. The van der Waals surface area contributed by atoms with Crippen molar-refractivity contribution in [1.82, 2.24) is 9.97 Å². The van der Waals surface area contributed by atoms with E-state index in [1.165, 1.54) is 23.6 Å². The second kappa shape index (κ2) is 8.13. The molecule has 0 amide bonds. The number of anilines is 2. The van der Waals surface area contributed by atoms with E-state index >= 15 is 0 Å². The number of nitrogen functional groups attached to an aromatic ring is 2. The SMILES string of the molecule is Nc1cc(-c2ccc(F)c3nc(N)sc23)c(Cl)cn1.OC1CCCOC1. The van der Waals surface area contributed by atoms with Crippen LogP contribution in [0.15, 0.2) is 24.4 Å². The van der Waals surface area contributed by atoms with Crippen LogP contribution in [-0.4, -0.2) is 34.4 Å². The Bertz CT molecular complexity index is 915. The number of benzene rings is 1. The molecule has 1 aromatic carbocycles. The second-order valence-corrected chi connectivity index (χ2v) is 7.22. The standard InChI is InChI=1S/C12H8ClFN4S.C5H10O2/c13-7-4-17-9(15)3-6(7)5-1-2-8(14)10-11(5)19-12(16)18-10;6-5-2-1-3-7-4-5/h1-4H,(H2,15,17)(H2,16,18);5-6H,1-4H2. The monoisotopic (exact) mass is 396 g/mol. The van der Waals surface area contributed by atoms with Gasteiger partial charge < -0.3 is 21.3 Å². The van der Waals surface area contributed by atoms with E-state index in [9.17, 15) is 4.39 Å². The molecule has 0 radical (unpaired) electrons. The third-order valence-corrected chi connectivity index (χ3v) is 5.03. The number of rotatable bonds is 1. The molecule has 5 N–H and O–H groups in total. The zero-order valence-corrected chi connectivity index (χ0v) is 15.4. The summed E-state index contributed by atoms with van der Waals surface area (Å²) in [6, 6.07) is 4.62. The lowest BCUT2D eigenvalue weighted by atomic mass is 10.1. The number of aliphatic hydroxyl groups excluding tert-OH is 1. The van der Waals surface area contributed by atoms with Gasteiger partial charge in [-0.1, -0.05) is 22.9 Å². The van der Waals surface area contributed by atoms with E-state index in [1.54, 1.807) is 12.1 Å². The molecule has 9 heteroatoms. The van der Waals surface area contributed by atoms with Gasteiger partial charge in [-0.05, 0) is 31.0 Å². The number of hydrogen-bond acceptors (Lipinski definition) is 7. The molecule has 26 heavy (non-hydrogen) atoms. The first-order valence-electron chi connectivity index (χ1n) is 7.97. The van der Waals surface area contributed by atoms with Gasteiger partial charge in [0.25, 0.3) is 0 Å². The van der Waals surface area contributed by atoms with E-state index in [1.807, 2.05) is 0 Å². The van der Waals surface area contributed by atoms with Gasteiger partial charge in [0.15, 0.2) is 5.13 Å². The Balaban J connectivity index is 0.000000236. The topological polar surface area (TPSA) is 107 Å². The van der Waals surface area contributed by atoms with Gasteiger partial charge in [0.05, 0.1) is 22.4 Å². The van der Waals surface area contributed by atoms with Crippen molar-refractivity contribution in [3.8, 4) is 11.1 Å². The number of ether oxygens (including phenoxy) is 1. The number of nitrogens with zero attached hydrogens (tertiary/aromatic N) is 2. The molecule has 3 heterocycles. The fraction of sp³-hybridized carbons (Fsp3) is 0.294. The van der Waals surface area contributed by atoms with Gasteiger partial charge in [-0.25, -0.2) is 14.4 Å². The maximum atomic E-state index is 13.7. The van der Waals surface area contributed by atoms with E-state index in [2.05, 4.69) is 9.97 Å². The summed E-state index contributed by atoms with van der Waals surface area (Å²) in [5.74, 6) is -0.0702. The molecular weight excluding hydrogens is 379 g/mol. The highest BCUT2D eigenvalue weighted by Crippen LogP contribution is 2.38. The van der Waals surface area contributed by atoms with E-state index in [4.69, 9.17) is 32.9 Å². The van der Waals surface area contributed by atoms with Crippen molar-refractivity contribution < 1.29 is 14.2 Å². The average Bonchev–Trinajstić information content (AvgIpc) is 3.01. The number of aromatic nitrogens is 2. The van der Waals surface area contributed by atoms with Crippen LogP contribution < -0.4 is 11.5 Å².